The predicted molar refractivity (Wildman–Crippen MR) is 46.1 cm³/mol. The molecule has 1 rings (SSSR count). The number of furan rings is 1. The van der Waals surface area contributed by atoms with E-state index in [0.29, 0.717) is 6.04 Å². The van der Waals surface area contributed by atoms with Crippen molar-refractivity contribution in [1.82, 2.24) is 0 Å². The van der Waals surface area contributed by atoms with Crippen LogP contribution in [0.1, 0.15) is 26.0 Å². The van der Waals surface area contributed by atoms with Gasteiger partial charge in [-0.05, 0) is 25.5 Å². The minimum absolute atomic E-state index is 0.389. The van der Waals surface area contributed by atoms with E-state index in [4.69, 9.17) is 4.42 Å². The summed E-state index contributed by atoms with van der Waals surface area (Å²) in [5.41, 5.74) is 0. The van der Waals surface area contributed by atoms with Crippen LogP contribution in [0, 0.1) is 0 Å². The molecule has 0 aliphatic heterocycles. The summed E-state index contributed by atoms with van der Waals surface area (Å²) in [6, 6.07) is 4.14. The topological polar surface area (TPSA) is 25.5 Å². The first-order valence-electron chi connectivity index (χ1n) is 3.89. The summed E-state index contributed by atoms with van der Waals surface area (Å²) in [6.45, 7) is 4.20. The van der Waals surface area contributed by atoms with Crippen LogP contribution in [-0.2, 0) is 0 Å². The summed E-state index contributed by atoms with van der Waals surface area (Å²) >= 11 is 0. The Hall–Kier alpha value is -1.05. The van der Waals surface area contributed by atoms with Gasteiger partial charge in [-0.25, -0.2) is 0 Å². The summed E-state index contributed by atoms with van der Waals surface area (Å²) < 4.78 is 5.08. The van der Waals surface area contributed by atoms with Crippen LogP contribution in [0.3, 0.4) is 0 Å². The molecule has 11 heavy (non-hydrogen) atoms. The molecule has 0 radical (unpaired) electrons. The Bertz CT molecular complexity index is 213. The van der Waals surface area contributed by atoms with Crippen LogP contribution >= 0.6 is 0 Å². The molecule has 1 heterocycles. The molecule has 1 aromatic rings. The van der Waals surface area contributed by atoms with Crippen LogP contribution in [0.5, 0.6) is 0 Å². The van der Waals surface area contributed by atoms with Crippen LogP contribution in [0.25, 0.3) is 0 Å². The first-order chi connectivity index (χ1) is 5.33. The fraction of sp³-hybridized carbons (Fsp3) is 0.444. The number of hydrogen-bond donors (Lipinski definition) is 0. The monoisotopic (exact) mass is 151 g/mol. The van der Waals surface area contributed by atoms with Gasteiger partial charge in [0, 0.05) is 6.04 Å². The Labute approximate surface area is 66.9 Å². The smallest absolute Gasteiger partial charge is 0.144 e. The van der Waals surface area contributed by atoms with Crippen molar-refractivity contribution in [3.05, 3.63) is 24.2 Å². The average molecular weight is 151 g/mol. The van der Waals surface area contributed by atoms with E-state index >= 15 is 0 Å². The van der Waals surface area contributed by atoms with Crippen LogP contribution < -0.4 is 0 Å². The summed E-state index contributed by atoms with van der Waals surface area (Å²) in [5.74, 6) is 0.824. The van der Waals surface area contributed by atoms with Gasteiger partial charge >= 0.3 is 0 Å². The van der Waals surface area contributed by atoms with Gasteiger partial charge in [0.25, 0.3) is 0 Å². The van der Waals surface area contributed by atoms with E-state index in [-0.39, 0.29) is 0 Å². The lowest BCUT2D eigenvalue weighted by Gasteiger charge is -1.97. The molecule has 0 aliphatic rings. The molecule has 1 atom stereocenters. The molecule has 0 spiro atoms. The van der Waals surface area contributed by atoms with Crippen LogP contribution in [0.15, 0.2) is 27.8 Å². The van der Waals surface area contributed by atoms with Crippen molar-refractivity contribution in [2.75, 3.05) is 0 Å². The van der Waals surface area contributed by atoms with Gasteiger partial charge in [0.1, 0.15) is 5.76 Å². The van der Waals surface area contributed by atoms with E-state index in [0.717, 1.165) is 12.2 Å². The number of hydrogen-bond acceptors (Lipinski definition) is 2. The van der Waals surface area contributed by atoms with Gasteiger partial charge in [0.05, 0.1) is 12.5 Å². The van der Waals surface area contributed by atoms with Gasteiger partial charge in [-0.3, -0.25) is 4.99 Å². The maximum Gasteiger partial charge on any atom is 0.144 e. The third-order valence-electron chi connectivity index (χ3n) is 1.59. The number of aliphatic imine (C=N–C) groups is 1. The molecule has 0 N–H and O–H groups in total. The first kappa shape index (κ1) is 8.05. The summed E-state index contributed by atoms with van der Waals surface area (Å²) in [5, 5.41) is 0. The van der Waals surface area contributed by atoms with Crippen molar-refractivity contribution in [2.24, 2.45) is 4.99 Å². The van der Waals surface area contributed by atoms with Crippen molar-refractivity contribution in [3.63, 3.8) is 0 Å². The first-order valence-corrected chi connectivity index (χ1v) is 3.89. The second-order valence-electron chi connectivity index (χ2n) is 2.55. The Kier molecular flexibility index (Phi) is 2.90. The zero-order chi connectivity index (χ0) is 8.10. The van der Waals surface area contributed by atoms with Gasteiger partial charge in [0.15, 0.2) is 0 Å². The highest BCUT2D eigenvalue weighted by Gasteiger charge is 1.92. The van der Waals surface area contributed by atoms with E-state index in [1.807, 2.05) is 12.1 Å². The molecule has 1 aromatic heterocycles. The molecule has 2 heteroatoms. The highest BCUT2D eigenvalue weighted by molar-refractivity contribution is 5.75. The van der Waals surface area contributed by atoms with E-state index in [1.54, 1.807) is 12.5 Å². The second-order valence-corrected chi connectivity index (χ2v) is 2.55. The molecular formula is C9H13NO. The molecule has 60 valence electrons. The summed E-state index contributed by atoms with van der Waals surface area (Å²) in [6.07, 6.45) is 4.49. The highest BCUT2D eigenvalue weighted by Crippen LogP contribution is 1.98. The highest BCUT2D eigenvalue weighted by atomic mass is 16.3. The van der Waals surface area contributed by atoms with Gasteiger partial charge in [-0.2, -0.15) is 0 Å². The molecule has 0 aliphatic carbocycles. The third-order valence-corrected chi connectivity index (χ3v) is 1.59. The molecule has 0 saturated carbocycles. The van der Waals surface area contributed by atoms with Gasteiger partial charge < -0.3 is 4.42 Å². The second kappa shape index (κ2) is 3.96. The Morgan fingerprint density at radius 3 is 3.09 bits per heavy atom. The standard InChI is InChI=1S/C9H13NO/c1-3-8(2)10-7-9-5-4-6-11-9/h4-8H,3H2,1-2H3. The van der Waals surface area contributed by atoms with Crippen molar-refractivity contribution < 1.29 is 4.42 Å². The SMILES string of the molecule is CCC(C)N=Cc1ccco1. The summed E-state index contributed by atoms with van der Waals surface area (Å²) in [4.78, 5) is 4.27. The van der Waals surface area contributed by atoms with E-state index in [2.05, 4.69) is 18.8 Å². The molecule has 1 unspecified atom stereocenters. The Balaban J connectivity index is 2.48. The van der Waals surface area contributed by atoms with E-state index in [9.17, 15) is 0 Å². The van der Waals surface area contributed by atoms with Crippen molar-refractivity contribution in [2.45, 2.75) is 26.3 Å². The lowest BCUT2D eigenvalue weighted by atomic mass is 10.3. The molecule has 0 bridgehead atoms. The van der Waals surface area contributed by atoms with Crippen LogP contribution in [-0.4, -0.2) is 12.3 Å². The Morgan fingerprint density at radius 2 is 2.55 bits per heavy atom. The minimum atomic E-state index is 0.389. The van der Waals surface area contributed by atoms with E-state index in [1.165, 1.54) is 0 Å². The zero-order valence-electron chi connectivity index (χ0n) is 6.95. The maximum atomic E-state index is 5.08. The predicted octanol–water partition coefficient (Wildman–Crippen LogP) is 2.50. The van der Waals surface area contributed by atoms with Crippen molar-refractivity contribution in [3.8, 4) is 0 Å². The van der Waals surface area contributed by atoms with Crippen LogP contribution in [0.4, 0.5) is 0 Å². The fourth-order valence-corrected chi connectivity index (χ4v) is 0.671. The van der Waals surface area contributed by atoms with Gasteiger partial charge in [0.2, 0.25) is 0 Å². The molecule has 0 saturated heterocycles. The number of nitrogens with zero attached hydrogens (tertiary/aromatic N) is 1. The quantitative estimate of drug-likeness (QED) is 0.609. The normalized spacial score (nSPS) is 14.0. The molecule has 0 aromatic carbocycles. The lowest BCUT2D eigenvalue weighted by molar-refractivity contribution is 0.559. The van der Waals surface area contributed by atoms with Gasteiger partial charge in [-0.15, -0.1) is 0 Å². The van der Waals surface area contributed by atoms with E-state index < -0.39 is 0 Å². The Morgan fingerprint density at radius 1 is 1.73 bits per heavy atom. The molecule has 0 amide bonds. The average Bonchev–Trinajstić information content (AvgIpc) is 2.52. The minimum Gasteiger partial charge on any atom is -0.463 e. The maximum absolute atomic E-state index is 5.08. The van der Waals surface area contributed by atoms with Gasteiger partial charge in [-0.1, -0.05) is 6.92 Å². The third kappa shape index (κ3) is 2.58. The summed E-state index contributed by atoms with van der Waals surface area (Å²) in [7, 11) is 0. The zero-order valence-corrected chi connectivity index (χ0v) is 6.95. The van der Waals surface area contributed by atoms with Crippen molar-refractivity contribution >= 4 is 6.21 Å². The van der Waals surface area contributed by atoms with Crippen molar-refractivity contribution in [1.29, 1.82) is 0 Å². The number of rotatable bonds is 3. The van der Waals surface area contributed by atoms with Crippen LogP contribution in [0.2, 0.25) is 0 Å². The largest absolute Gasteiger partial charge is 0.463 e. The lowest BCUT2D eigenvalue weighted by Crippen LogP contribution is -1.94. The fourth-order valence-electron chi connectivity index (χ4n) is 0.671. The molecule has 2 nitrogen and oxygen atoms in total. The molecule has 0 fully saturated rings. The molecular weight excluding hydrogens is 138 g/mol.